The van der Waals surface area contributed by atoms with Gasteiger partial charge < -0.3 is 20.3 Å². The second-order valence-electron chi connectivity index (χ2n) is 8.11. The molecule has 0 radical (unpaired) electrons. The number of carbonyl (C=O) groups excluding carboxylic acids is 3. The van der Waals surface area contributed by atoms with Gasteiger partial charge in [0.2, 0.25) is 0 Å². The number of piperidine rings is 1. The number of amides is 3. The van der Waals surface area contributed by atoms with Crippen LogP contribution in [0.4, 0.5) is 4.79 Å². The van der Waals surface area contributed by atoms with Crippen LogP contribution in [0.5, 0.6) is 0 Å². The Morgan fingerprint density at radius 1 is 1.00 bits per heavy atom. The average molecular weight is 488 g/mol. The monoisotopic (exact) mass is 487 g/mol. The molecule has 1 saturated heterocycles. The number of benzene rings is 2. The van der Waals surface area contributed by atoms with Crippen molar-refractivity contribution in [2.75, 3.05) is 26.0 Å². The lowest BCUT2D eigenvalue weighted by Crippen LogP contribution is -2.46. The fourth-order valence-corrected chi connectivity index (χ4v) is 4.26. The molecule has 2 N–H and O–H groups in total. The van der Waals surface area contributed by atoms with Gasteiger partial charge in [0.05, 0.1) is 11.5 Å². The van der Waals surface area contributed by atoms with Crippen molar-refractivity contribution in [3.8, 4) is 0 Å². The molecular formula is C24H29N3O6S. The van der Waals surface area contributed by atoms with Crippen LogP contribution in [0.25, 0.3) is 0 Å². The zero-order valence-corrected chi connectivity index (χ0v) is 20.1. The van der Waals surface area contributed by atoms with Crippen LogP contribution in [0.15, 0.2) is 53.4 Å². The van der Waals surface area contributed by atoms with E-state index in [1.165, 1.54) is 18.2 Å². The van der Waals surface area contributed by atoms with E-state index in [9.17, 15) is 22.8 Å². The highest BCUT2D eigenvalue weighted by molar-refractivity contribution is 7.90. The van der Waals surface area contributed by atoms with Gasteiger partial charge in [0.25, 0.3) is 11.8 Å². The molecule has 0 atom stereocenters. The highest BCUT2D eigenvalue weighted by Crippen LogP contribution is 2.14. The van der Waals surface area contributed by atoms with Crippen molar-refractivity contribution in [2.24, 2.45) is 0 Å². The Balaban J connectivity index is 1.53. The van der Waals surface area contributed by atoms with Gasteiger partial charge in [-0.25, -0.2) is 13.2 Å². The van der Waals surface area contributed by atoms with E-state index in [0.717, 1.165) is 11.8 Å². The fourth-order valence-electron chi connectivity index (χ4n) is 3.63. The standard InChI is InChI=1S/C24H29N3O6S/c1-3-33-24(30)27-13-11-20(12-14-27)26-23(29)19-6-4-5-18(15-19)22(28)25-16-17-7-9-21(10-8-17)34(2,31)32/h4-10,15,20H,3,11-14,16H2,1-2H3,(H,25,28)(H,26,29). The number of likely N-dealkylation sites (tertiary alicyclic amines) is 1. The molecule has 1 fully saturated rings. The Labute approximate surface area is 199 Å². The Hall–Kier alpha value is -3.40. The number of carbonyl (C=O) groups is 3. The summed E-state index contributed by atoms with van der Waals surface area (Å²) in [7, 11) is -3.27. The number of hydrogen-bond donors (Lipinski definition) is 2. The third-order valence-corrected chi connectivity index (χ3v) is 6.68. The lowest BCUT2D eigenvalue weighted by atomic mass is 10.0. The van der Waals surface area contributed by atoms with Gasteiger partial charge in [0.1, 0.15) is 0 Å². The molecule has 0 saturated carbocycles. The SMILES string of the molecule is CCOC(=O)N1CCC(NC(=O)c2cccc(C(=O)NCc3ccc(S(C)(=O)=O)cc3)c2)CC1. The van der Waals surface area contributed by atoms with E-state index >= 15 is 0 Å². The Bertz CT molecular complexity index is 1140. The average Bonchev–Trinajstić information content (AvgIpc) is 2.83. The van der Waals surface area contributed by atoms with Gasteiger partial charge in [0, 0.05) is 43.1 Å². The first kappa shape index (κ1) is 25.2. The van der Waals surface area contributed by atoms with E-state index in [0.29, 0.717) is 43.7 Å². The molecular weight excluding hydrogens is 458 g/mol. The van der Waals surface area contributed by atoms with Crippen LogP contribution in [0.3, 0.4) is 0 Å². The van der Waals surface area contributed by atoms with E-state index < -0.39 is 9.84 Å². The Morgan fingerprint density at radius 2 is 1.62 bits per heavy atom. The van der Waals surface area contributed by atoms with Crippen LogP contribution >= 0.6 is 0 Å². The maximum Gasteiger partial charge on any atom is 0.409 e. The molecule has 2 aromatic carbocycles. The summed E-state index contributed by atoms with van der Waals surface area (Å²) in [5, 5.41) is 5.75. The summed E-state index contributed by atoms with van der Waals surface area (Å²) >= 11 is 0. The number of ether oxygens (including phenoxy) is 1. The summed E-state index contributed by atoms with van der Waals surface area (Å²) in [6.07, 6.45) is 2.06. The van der Waals surface area contributed by atoms with Crippen LogP contribution in [0, 0.1) is 0 Å². The lowest BCUT2D eigenvalue weighted by Gasteiger charge is -2.31. The Morgan fingerprint density at radius 3 is 2.21 bits per heavy atom. The van der Waals surface area contributed by atoms with Crippen molar-refractivity contribution < 1.29 is 27.5 Å². The van der Waals surface area contributed by atoms with Gasteiger partial charge in [-0.2, -0.15) is 0 Å². The molecule has 0 spiro atoms. The van der Waals surface area contributed by atoms with Gasteiger partial charge >= 0.3 is 6.09 Å². The first-order valence-corrected chi connectivity index (χ1v) is 13.0. The topological polar surface area (TPSA) is 122 Å². The minimum Gasteiger partial charge on any atom is -0.450 e. The first-order chi connectivity index (χ1) is 16.2. The molecule has 1 aliphatic rings. The normalized spacial score (nSPS) is 14.4. The summed E-state index contributed by atoms with van der Waals surface area (Å²) in [6.45, 7) is 3.33. The number of hydrogen-bond acceptors (Lipinski definition) is 6. The molecule has 0 aromatic heterocycles. The summed E-state index contributed by atoms with van der Waals surface area (Å²) in [5.74, 6) is -0.620. The lowest BCUT2D eigenvalue weighted by molar-refractivity contribution is 0.0859. The maximum absolute atomic E-state index is 12.7. The maximum atomic E-state index is 12.7. The van der Waals surface area contributed by atoms with Crippen LogP contribution in [-0.2, 0) is 21.1 Å². The van der Waals surface area contributed by atoms with Crippen molar-refractivity contribution in [1.29, 1.82) is 0 Å². The van der Waals surface area contributed by atoms with E-state index in [1.54, 1.807) is 42.2 Å². The van der Waals surface area contributed by atoms with Crippen LogP contribution < -0.4 is 10.6 Å². The summed E-state index contributed by atoms with van der Waals surface area (Å²) in [4.78, 5) is 38.9. The van der Waals surface area contributed by atoms with Crippen molar-refractivity contribution in [3.63, 3.8) is 0 Å². The van der Waals surface area contributed by atoms with E-state index in [-0.39, 0.29) is 35.4 Å². The molecule has 1 aliphatic heterocycles. The minimum atomic E-state index is -3.27. The van der Waals surface area contributed by atoms with Crippen LogP contribution in [-0.4, -0.2) is 63.2 Å². The van der Waals surface area contributed by atoms with Gasteiger partial charge in [-0.05, 0) is 55.7 Å². The largest absolute Gasteiger partial charge is 0.450 e. The van der Waals surface area contributed by atoms with Crippen molar-refractivity contribution in [3.05, 3.63) is 65.2 Å². The number of nitrogens with zero attached hydrogens (tertiary/aromatic N) is 1. The van der Waals surface area contributed by atoms with E-state index in [2.05, 4.69) is 10.6 Å². The highest BCUT2D eigenvalue weighted by atomic mass is 32.2. The van der Waals surface area contributed by atoms with E-state index in [4.69, 9.17) is 4.74 Å². The van der Waals surface area contributed by atoms with Crippen LogP contribution in [0.2, 0.25) is 0 Å². The molecule has 182 valence electrons. The highest BCUT2D eigenvalue weighted by Gasteiger charge is 2.25. The number of rotatable bonds is 7. The molecule has 10 heteroatoms. The third kappa shape index (κ3) is 6.80. The molecule has 3 amide bonds. The minimum absolute atomic E-state index is 0.0643. The predicted molar refractivity (Wildman–Crippen MR) is 126 cm³/mol. The number of nitrogens with one attached hydrogen (secondary N) is 2. The zero-order chi connectivity index (χ0) is 24.7. The predicted octanol–water partition coefficient (Wildman–Crippen LogP) is 2.37. The molecule has 0 unspecified atom stereocenters. The van der Waals surface area contributed by atoms with Gasteiger partial charge in [-0.3, -0.25) is 9.59 Å². The smallest absolute Gasteiger partial charge is 0.409 e. The van der Waals surface area contributed by atoms with Crippen molar-refractivity contribution in [1.82, 2.24) is 15.5 Å². The molecule has 0 aliphatic carbocycles. The van der Waals surface area contributed by atoms with Gasteiger partial charge in [-0.15, -0.1) is 0 Å². The molecule has 2 aromatic rings. The van der Waals surface area contributed by atoms with Crippen LogP contribution in [0.1, 0.15) is 46.0 Å². The van der Waals surface area contributed by atoms with Crippen molar-refractivity contribution in [2.45, 2.75) is 37.2 Å². The molecule has 9 nitrogen and oxygen atoms in total. The van der Waals surface area contributed by atoms with Gasteiger partial charge in [0.15, 0.2) is 9.84 Å². The summed E-state index contributed by atoms with van der Waals surface area (Å²) < 4.78 is 28.1. The van der Waals surface area contributed by atoms with Gasteiger partial charge in [-0.1, -0.05) is 18.2 Å². The summed E-state index contributed by atoms with van der Waals surface area (Å²) in [5.41, 5.74) is 1.47. The quantitative estimate of drug-likeness (QED) is 0.618. The molecule has 34 heavy (non-hydrogen) atoms. The molecule has 1 heterocycles. The Kier molecular flexibility index (Phi) is 8.27. The van der Waals surface area contributed by atoms with E-state index in [1.807, 2.05) is 0 Å². The molecule has 0 bridgehead atoms. The first-order valence-electron chi connectivity index (χ1n) is 11.1. The summed E-state index contributed by atoms with van der Waals surface area (Å²) in [6, 6.07) is 12.7. The molecule has 3 rings (SSSR count). The number of sulfone groups is 1. The third-order valence-electron chi connectivity index (χ3n) is 5.55. The second kappa shape index (κ2) is 11.1. The second-order valence-corrected chi connectivity index (χ2v) is 10.1. The zero-order valence-electron chi connectivity index (χ0n) is 19.2. The van der Waals surface area contributed by atoms with Crippen molar-refractivity contribution >= 4 is 27.7 Å². The fraction of sp³-hybridized carbons (Fsp3) is 0.375.